The number of hydrogen-bond acceptors (Lipinski definition) is 3. The molecular weight excluding hydrogens is 262 g/mol. The van der Waals surface area contributed by atoms with Gasteiger partial charge in [-0.25, -0.2) is 4.98 Å². The molecule has 1 aromatic heterocycles. The molecule has 0 unspecified atom stereocenters. The molecule has 0 saturated carbocycles. The highest BCUT2D eigenvalue weighted by Gasteiger charge is 2.08. The van der Waals surface area contributed by atoms with Crippen molar-refractivity contribution < 1.29 is 4.74 Å². The molecule has 0 bridgehead atoms. The average Bonchev–Trinajstić information content (AvgIpc) is 2.68. The summed E-state index contributed by atoms with van der Waals surface area (Å²) in [6.07, 6.45) is 1.62. The van der Waals surface area contributed by atoms with Crippen molar-refractivity contribution in [1.82, 2.24) is 9.55 Å². The molecule has 102 valence electrons. The Bertz CT molecular complexity index is 578. The number of benzene rings is 1. The van der Waals surface area contributed by atoms with Crippen molar-refractivity contribution in [2.24, 2.45) is 12.8 Å². The zero-order chi connectivity index (χ0) is 14.0. The first kappa shape index (κ1) is 13.9. The van der Waals surface area contributed by atoms with E-state index in [2.05, 4.69) is 4.98 Å². The molecule has 0 spiro atoms. The molecule has 2 N–H and O–H groups in total. The number of hydrogen-bond donors (Lipinski definition) is 1. The minimum Gasteiger partial charge on any atom is -0.485 e. The van der Waals surface area contributed by atoms with E-state index >= 15 is 0 Å². The molecule has 0 aliphatic rings. The van der Waals surface area contributed by atoms with Crippen LogP contribution in [0.25, 0.3) is 0 Å². The SMILES string of the molecule is Cc1cc([C@@H](C)N)ccc1OCc1ncc(Cl)n1C. The van der Waals surface area contributed by atoms with Crippen molar-refractivity contribution in [3.8, 4) is 5.75 Å². The van der Waals surface area contributed by atoms with Crippen LogP contribution in [0.2, 0.25) is 5.15 Å². The van der Waals surface area contributed by atoms with Crippen LogP contribution in [-0.4, -0.2) is 9.55 Å². The van der Waals surface area contributed by atoms with Gasteiger partial charge in [-0.1, -0.05) is 23.7 Å². The van der Waals surface area contributed by atoms with E-state index in [-0.39, 0.29) is 6.04 Å². The fraction of sp³-hybridized carbons (Fsp3) is 0.357. The molecular formula is C14H18ClN3O. The van der Waals surface area contributed by atoms with Gasteiger partial charge in [-0.15, -0.1) is 0 Å². The second-order valence-corrected chi connectivity index (χ2v) is 5.05. The average molecular weight is 280 g/mol. The van der Waals surface area contributed by atoms with Crippen LogP contribution in [0.15, 0.2) is 24.4 Å². The van der Waals surface area contributed by atoms with Gasteiger partial charge in [0.1, 0.15) is 23.3 Å². The van der Waals surface area contributed by atoms with E-state index in [1.165, 1.54) is 0 Å². The van der Waals surface area contributed by atoms with Gasteiger partial charge >= 0.3 is 0 Å². The fourth-order valence-electron chi connectivity index (χ4n) is 1.82. The minimum atomic E-state index is 0.0288. The second-order valence-electron chi connectivity index (χ2n) is 4.66. The molecule has 0 fully saturated rings. The Kier molecular flexibility index (Phi) is 4.12. The number of halogens is 1. The van der Waals surface area contributed by atoms with Crippen LogP contribution >= 0.6 is 11.6 Å². The predicted octanol–water partition coefficient (Wildman–Crippen LogP) is 2.98. The van der Waals surface area contributed by atoms with Crippen LogP contribution in [0.3, 0.4) is 0 Å². The van der Waals surface area contributed by atoms with Gasteiger partial charge in [-0.3, -0.25) is 0 Å². The number of aryl methyl sites for hydroxylation is 1. The third-order valence-corrected chi connectivity index (χ3v) is 3.46. The van der Waals surface area contributed by atoms with Gasteiger partial charge in [-0.05, 0) is 31.0 Å². The third kappa shape index (κ3) is 3.08. The smallest absolute Gasteiger partial charge is 0.147 e. The molecule has 5 heteroatoms. The van der Waals surface area contributed by atoms with Crippen LogP contribution < -0.4 is 10.5 Å². The Morgan fingerprint density at radius 3 is 2.74 bits per heavy atom. The Labute approximate surface area is 118 Å². The molecule has 0 saturated heterocycles. The Balaban J connectivity index is 2.10. The highest BCUT2D eigenvalue weighted by atomic mass is 35.5. The molecule has 0 radical (unpaired) electrons. The molecule has 1 aromatic carbocycles. The first-order chi connectivity index (χ1) is 8.99. The Hall–Kier alpha value is -1.52. The van der Waals surface area contributed by atoms with Gasteiger partial charge in [0.25, 0.3) is 0 Å². The molecule has 1 heterocycles. The fourth-order valence-corrected chi connectivity index (χ4v) is 1.96. The first-order valence-corrected chi connectivity index (χ1v) is 6.52. The Morgan fingerprint density at radius 2 is 2.21 bits per heavy atom. The number of aromatic nitrogens is 2. The highest BCUT2D eigenvalue weighted by Crippen LogP contribution is 2.23. The molecule has 0 amide bonds. The van der Waals surface area contributed by atoms with Gasteiger partial charge in [-0.2, -0.15) is 0 Å². The largest absolute Gasteiger partial charge is 0.485 e. The number of nitrogens with two attached hydrogens (primary N) is 1. The van der Waals surface area contributed by atoms with Crippen molar-refractivity contribution in [3.63, 3.8) is 0 Å². The zero-order valence-corrected chi connectivity index (χ0v) is 12.1. The van der Waals surface area contributed by atoms with E-state index in [4.69, 9.17) is 22.1 Å². The van der Waals surface area contributed by atoms with Crippen molar-refractivity contribution in [1.29, 1.82) is 0 Å². The van der Waals surface area contributed by atoms with Crippen LogP contribution in [0.1, 0.15) is 29.9 Å². The molecule has 1 atom stereocenters. The summed E-state index contributed by atoms with van der Waals surface area (Å²) in [4.78, 5) is 4.19. The summed E-state index contributed by atoms with van der Waals surface area (Å²) in [5, 5.41) is 0.600. The third-order valence-electron chi connectivity index (χ3n) is 3.11. The lowest BCUT2D eigenvalue weighted by Crippen LogP contribution is -2.07. The summed E-state index contributed by atoms with van der Waals surface area (Å²) in [6, 6.07) is 6.00. The van der Waals surface area contributed by atoms with E-state index in [0.717, 1.165) is 22.7 Å². The summed E-state index contributed by atoms with van der Waals surface area (Å²) < 4.78 is 7.57. The first-order valence-electron chi connectivity index (χ1n) is 6.14. The van der Waals surface area contributed by atoms with Crippen LogP contribution in [-0.2, 0) is 13.7 Å². The van der Waals surface area contributed by atoms with E-state index in [1.54, 1.807) is 10.8 Å². The van der Waals surface area contributed by atoms with Crippen LogP contribution in [0.4, 0.5) is 0 Å². The van der Waals surface area contributed by atoms with Crippen LogP contribution in [0.5, 0.6) is 5.75 Å². The van der Waals surface area contributed by atoms with Crippen LogP contribution in [0, 0.1) is 6.92 Å². The van der Waals surface area contributed by atoms with Crippen molar-refractivity contribution in [3.05, 3.63) is 46.5 Å². The second kappa shape index (κ2) is 5.63. The maximum Gasteiger partial charge on any atom is 0.147 e. The lowest BCUT2D eigenvalue weighted by Gasteiger charge is -2.12. The van der Waals surface area contributed by atoms with E-state index in [0.29, 0.717) is 11.8 Å². The van der Waals surface area contributed by atoms with Gasteiger partial charge in [0.15, 0.2) is 0 Å². The number of rotatable bonds is 4. The number of nitrogens with zero attached hydrogens (tertiary/aromatic N) is 2. The highest BCUT2D eigenvalue weighted by molar-refractivity contribution is 6.29. The molecule has 2 rings (SSSR count). The van der Waals surface area contributed by atoms with Gasteiger partial charge in [0.05, 0.1) is 6.20 Å². The molecule has 4 nitrogen and oxygen atoms in total. The molecule has 0 aliphatic carbocycles. The lowest BCUT2D eigenvalue weighted by molar-refractivity contribution is 0.290. The lowest BCUT2D eigenvalue weighted by atomic mass is 10.1. The molecule has 19 heavy (non-hydrogen) atoms. The van der Waals surface area contributed by atoms with Crippen molar-refractivity contribution >= 4 is 11.6 Å². The van der Waals surface area contributed by atoms with Gasteiger partial charge < -0.3 is 15.0 Å². The molecule has 2 aromatic rings. The van der Waals surface area contributed by atoms with Crippen molar-refractivity contribution in [2.75, 3.05) is 0 Å². The maximum absolute atomic E-state index is 5.93. The standard InChI is InChI=1S/C14H18ClN3O/c1-9-6-11(10(2)16)4-5-12(9)19-8-14-17-7-13(15)18(14)3/h4-7,10H,8,16H2,1-3H3/t10-/m1/s1. The summed E-state index contributed by atoms with van der Waals surface area (Å²) in [6.45, 7) is 4.36. The monoisotopic (exact) mass is 279 g/mol. The summed E-state index contributed by atoms with van der Waals surface area (Å²) in [7, 11) is 1.86. The maximum atomic E-state index is 5.93. The Morgan fingerprint density at radius 1 is 1.47 bits per heavy atom. The number of imidazole rings is 1. The van der Waals surface area contributed by atoms with E-state index in [1.807, 2.05) is 39.1 Å². The van der Waals surface area contributed by atoms with Gasteiger partial charge in [0.2, 0.25) is 0 Å². The number of ether oxygens (including phenoxy) is 1. The zero-order valence-electron chi connectivity index (χ0n) is 11.4. The normalized spacial score (nSPS) is 12.5. The molecule has 0 aliphatic heterocycles. The minimum absolute atomic E-state index is 0.0288. The topological polar surface area (TPSA) is 53.1 Å². The van der Waals surface area contributed by atoms with Gasteiger partial charge in [0, 0.05) is 13.1 Å². The summed E-state index contributed by atoms with van der Waals surface area (Å²) >= 11 is 5.93. The summed E-state index contributed by atoms with van der Waals surface area (Å²) in [5.74, 6) is 1.63. The quantitative estimate of drug-likeness (QED) is 0.936. The summed E-state index contributed by atoms with van der Waals surface area (Å²) in [5.41, 5.74) is 8.02. The van der Waals surface area contributed by atoms with Crippen molar-refractivity contribution in [2.45, 2.75) is 26.5 Å². The predicted molar refractivity (Wildman–Crippen MR) is 76.3 cm³/mol. The van der Waals surface area contributed by atoms with E-state index < -0.39 is 0 Å². The van der Waals surface area contributed by atoms with E-state index in [9.17, 15) is 0 Å².